The molecule has 0 bridgehead atoms. The molecule has 1 aromatic heterocycles. The highest BCUT2D eigenvalue weighted by molar-refractivity contribution is 5.73. The van der Waals surface area contributed by atoms with Crippen LogP contribution in [0.1, 0.15) is 56.4 Å². The second kappa shape index (κ2) is 8.44. The molecule has 1 aliphatic rings. The summed E-state index contributed by atoms with van der Waals surface area (Å²) < 4.78 is 0. The Balaban J connectivity index is 1.83. The molecule has 0 spiro atoms. The number of rotatable bonds is 7. The van der Waals surface area contributed by atoms with Gasteiger partial charge in [-0.05, 0) is 68.2 Å². The van der Waals surface area contributed by atoms with Crippen molar-refractivity contribution in [2.24, 2.45) is 10.9 Å². The van der Waals surface area contributed by atoms with Crippen LogP contribution in [0.3, 0.4) is 0 Å². The molecule has 0 amide bonds. The number of hydrogen-bond acceptors (Lipinski definition) is 2. The average molecular weight is 347 g/mol. The molecule has 2 aromatic rings. The van der Waals surface area contributed by atoms with Crippen molar-refractivity contribution in [2.45, 2.75) is 52.9 Å². The van der Waals surface area contributed by atoms with Crippen LogP contribution in [0.25, 0.3) is 11.1 Å². The van der Waals surface area contributed by atoms with E-state index in [0.717, 1.165) is 25.1 Å². The summed E-state index contributed by atoms with van der Waals surface area (Å²) in [5.41, 5.74) is 7.97. The van der Waals surface area contributed by atoms with Crippen molar-refractivity contribution < 1.29 is 0 Å². The van der Waals surface area contributed by atoms with Gasteiger partial charge in [0.1, 0.15) is 0 Å². The van der Waals surface area contributed by atoms with Crippen LogP contribution in [-0.4, -0.2) is 17.7 Å². The standard InChI is InChI=1S/C24H30N2/c1-5-12-25-13-11-18(4)22-15-24(22)23-14-17(3)7-10-21(23)19-8-9-20(6-2)26-16-19/h7-11,13-14,16,22,24H,5-6,12,15H2,1-4H3/b18-11+,25-13-. The molecule has 2 unspecified atom stereocenters. The summed E-state index contributed by atoms with van der Waals surface area (Å²) >= 11 is 0. The topological polar surface area (TPSA) is 25.2 Å². The van der Waals surface area contributed by atoms with Gasteiger partial charge in [-0.2, -0.15) is 0 Å². The Bertz CT molecular complexity index is 799. The molecule has 26 heavy (non-hydrogen) atoms. The zero-order valence-electron chi connectivity index (χ0n) is 16.5. The molecule has 136 valence electrons. The van der Waals surface area contributed by atoms with E-state index in [0.29, 0.717) is 11.8 Å². The maximum absolute atomic E-state index is 4.60. The molecule has 0 N–H and O–H groups in total. The fraction of sp³-hybridized carbons (Fsp3) is 0.417. The van der Waals surface area contributed by atoms with Gasteiger partial charge in [-0.25, -0.2) is 0 Å². The molecule has 1 aliphatic carbocycles. The number of pyridine rings is 1. The minimum Gasteiger partial charge on any atom is -0.293 e. The molecule has 2 heteroatoms. The molecular weight excluding hydrogens is 316 g/mol. The molecule has 0 aliphatic heterocycles. The van der Waals surface area contributed by atoms with Crippen LogP contribution >= 0.6 is 0 Å². The number of aromatic nitrogens is 1. The average Bonchev–Trinajstić information content (AvgIpc) is 3.46. The molecule has 0 radical (unpaired) electrons. The fourth-order valence-electron chi connectivity index (χ4n) is 3.58. The van der Waals surface area contributed by atoms with E-state index in [9.17, 15) is 0 Å². The second-order valence-corrected chi connectivity index (χ2v) is 7.40. The SMILES string of the molecule is CCC/N=C\C=C(/C)C1CC1c1cc(C)ccc1-c1ccc(CC)nc1. The van der Waals surface area contributed by atoms with Crippen molar-refractivity contribution in [3.63, 3.8) is 0 Å². The van der Waals surface area contributed by atoms with Crippen molar-refractivity contribution in [3.8, 4) is 11.1 Å². The highest BCUT2D eigenvalue weighted by atomic mass is 14.7. The fourth-order valence-corrected chi connectivity index (χ4v) is 3.58. The Kier molecular flexibility index (Phi) is 6.03. The number of allylic oxidation sites excluding steroid dienone is 2. The Morgan fingerprint density at radius 3 is 2.77 bits per heavy atom. The number of hydrogen-bond donors (Lipinski definition) is 0. The molecule has 1 fully saturated rings. The van der Waals surface area contributed by atoms with Crippen LogP contribution in [0.4, 0.5) is 0 Å². The van der Waals surface area contributed by atoms with Gasteiger partial charge in [0, 0.05) is 30.2 Å². The van der Waals surface area contributed by atoms with Gasteiger partial charge in [0.2, 0.25) is 0 Å². The van der Waals surface area contributed by atoms with Gasteiger partial charge in [0.05, 0.1) is 0 Å². The monoisotopic (exact) mass is 346 g/mol. The van der Waals surface area contributed by atoms with E-state index in [2.05, 4.69) is 74.1 Å². The predicted molar refractivity (Wildman–Crippen MR) is 112 cm³/mol. The quantitative estimate of drug-likeness (QED) is 0.552. The predicted octanol–water partition coefficient (Wildman–Crippen LogP) is 6.15. The smallest absolute Gasteiger partial charge is 0.0401 e. The summed E-state index contributed by atoms with van der Waals surface area (Å²) in [6.07, 6.45) is 9.54. The maximum atomic E-state index is 4.60. The molecule has 1 saturated carbocycles. The van der Waals surface area contributed by atoms with Gasteiger partial charge < -0.3 is 0 Å². The molecule has 2 atom stereocenters. The maximum Gasteiger partial charge on any atom is 0.0401 e. The Morgan fingerprint density at radius 1 is 1.23 bits per heavy atom. The van der Waals surface area contributed by atoms with Crippen molar-refractivity contribution >= 4 is 6.21 Å². The first-order valence-corrected chi connectivity index (χ1v) is 9.86. The summed E-state index contributed by atoms with van der Waals surface area (Å²) in [6.45, 7) is 9.65. The van der Waals surface area contributed by atoms with E-state index >= 15 is 0 Å². The Labute approximate surface area is 158 Å². The summed E-state index contributed by atoms with van der Waals surface area (Å²) in [5, 5.41) is 0. The van der Waals surface area contributed by atoms with E-state index in [-0.39, 0.29) is 0 Å². The van der Waals surface area contributed by atoms with E-state index in [1.165, 1.54) is 34.2 Å². The normalized spacial score (nSPS) is 19.9. The largest absolute Gasteiger partial charge is 0.293 e. The molecule has 1 aromatic carbocycles. The lowest BCUT2D eigenvalue weighted by Crippen LogP contribution is -1.94. The summed E-state index contributed by atoms with van der Waals surface area (Å²) in [7, 11) is 0. The van der Waals surface area contributed by atoms with Crippen LogP contribution in [0.2, 0.25) is 0 Å². The van der Waals surface area contributed by atoms with Gasteiger partial charge in [-0.3, -0.25) is 9.98 Å². The third-order valence-electron chi connectivity index (χ3n) is 5.28. The summed E-state index contributed by atoms with van der Waals surface area (Å²) in [4.78, 5) is 9.02. The minimum absolute atomic E-state index is 0.617. The van der Waals surface area contributed by atoms with Gasteiger partial charge in [0.25, 0.3) is 0 Å². The van der Waals surface area contributed by atoms with E-state index in [1.54, 1.807) is 0 Å². The highest BCUT2D eigenvalue weighted by Gasteiger charge is 2.40. The van der Waals surface area contributed by atoms with E-state index < -0.39 is 0 Å². The molecule has 3 rings (SSSR count). The van der Waals surface area contributed by atoms with Crippen LogP contribution in [0.5, 0.6) is 0 Å². The lowest BCUT2D eigenvalue weighted by molar-refractivity contribution is 0.931. The van der Waals surface area contributed by atoms with Crippen molar-refractivity contribution in [1.82, 2.24) is 4.98 Å². The first kappa shape index (κ1) is 18.6. The highest BCUT2D eigenvalue weighted by Crippen LogP contribution is 2.53. The lowest BCUT2D eigenvalue weighted by atomic mass is 9.94. The third-order valence-corrected chi connectivity index (χ3v) is 5.28. The number of nitrogens with zero attached hydrogens (tertiary/aromatic N) is 2. The molecular formula is C24H30N2. The van der Waals surface area contributed by atoms with Crippen LogP contribution in [0.15, 0.2) is 53.2 Å². The first-order chi connectivity index (χ1) is 12.6. The summed E-state index contributed by atoms with van der Waals surface area (Å²) in [6, 6.07) is 11.2. The van der Waals surface area contributed by atoms with Crippen molar-refractivity contribution in [3.05, 3.63) is 65.0 Å². The second-order valence-electron chi connectivity index (χ2n) is 7.40. The van der Waals surface area contributed by atoms with Gasteiger partial charge >= 0.3 is 0 Å². The Morgan fingerprint density at radius 2 is 2.08 bits per heavy atom. The molecule has 1 heterocycles. The van der Waals surface area contributed by atoms with Gasteiger partial charge in [-0.15, -0.1) is 0 Å². The van der Waals surface area contributed by atoms with Crippen LogP contribution in [0, 0.1) is 12.8 Å². The number of benzene rings is 1. The van der Waals surface area contributed by atoms with Crippen molar-refractivity contribution in [1.29, 1.82) is 0 Å². The lowest BCUT2D eigenvalue weighted by Gasteiger charge is -2.12. The van der Waals surface area contributed by atoms with E-state index in [1.807, 2.05) is 12.4 Å². The minimum atomic E-state index is 0.617. The number of aliphatic imine (C=N–C) groups is 1. The first-order valence-electron chi connectivity index (χ1n) is 9.86. The van der Waals surface area contributed by atoms with Crippen LogP contribution in [-0.2, 0) is 6.42 Å². The Hall–Kier alpha value is -2.22. The molecule has 2 nitrogen and oxygen atoms in total. The summed E-state index contributed by atoms with van der Waals surface area (Å²) in [5.74, 6) is 1.26. The van der Waals surface area contributed by atoms with Gasteiger partial charge in [-0.1, -0.05) is 49.2 Å². The third kappa shape index (κ3) is 4.30. The number of aryl methyl sites for hydroxylation is 2. The van der Waals surface area contributed by atoms with E-state index in [4.69, 9.17) is 0 Å². The van der Waals surface area contributed by atoms with Crippen LogP contribution < -0.4 is 0 Å². The molecule has 0 saturated heterocycles. The van der Waals surface area contributed by atoms with Crippen molar-refractivity contribution in [2.75, 3.05) is 6.54 Å². The zero-order chi connectivity index (χ0) is 18.5. The van der Waals surface area contributed by atoms with Gasteiger partial charge in [0.15, 0.2) is 0 Å². The zero-order valence-corrected chi connectivity index (χ0v) is 16.5.